The summed E-state index contributed by atoms with van der Waals surface area (Å²) in [5.41, 5.74) is 0.359. The van der Waals surface area contributed by atoms with Gasteiger partial charge in [0.1, 0.15) is 0 Å². The third-order valence-corrected chi connectivity index (χ3v) is 3.84. The van der Waals surface area contributed by atoms with Gasteiger partial charge in [0.25, 0.3) is 0 Å². The van der Waals surface area contributed by atoms with Gasteiger partial charge in [-0.15, -0.1) is 0 Å². The molecular formula is C10H16O2. The van der Waals surface area contributed by atoms with E-state index in [0.29, 0.717) is 11.3 Å². The van der Waals surface area contributed by atoms with Gasteiger partial charge in [-0.3, -0.25) is 4.79 Å². The molecule has 2 bridgehead atoms. The lowest BCUT2D eigenvalue weighted by Crippen LogP contribution is -2.41. The number of carboxylic acid groups (broad SMARTS) is 1. The lowest BCUT2D eigenvalue weighted by molar-refractivity contribution is -0.150. The second-order valence-electron chi connectivity index (χ2n) is 4.80. The van der Waals surface area contributed by atoms with Gasteiger partial charge < -0.3 is 5.11 Å². The van der Waals surface area contributed by atoms with Crippen molar-refractivity contribution in [2.45, 2.75) is 39.0 Å². The van der Waals surface area contributed by atoms with E-state index in [0.717, 1.165) is 19.3 Å². The Bertz CT molecular complexity index is 202. The molecule has 0 aromatic rings. The van der Waals surface area contributed by atoms with Gasteiger partial charge in [-0.25, -0.2) is 0 Å². The molecule has 12 heavy (non-hydrogen) atoms. The Kier molecular flexibility index (Phi) is 1.67. The molecule has 0 radical (unpaired) electrons. The van der Waals surface area contributed by atoms with Crippen molar-refractivity contribution < 1.29 is 9.90 Å². The van der Waals surface area contributed by atoms with Gasteiger partial charge in [0.15, 0.2) is 0 Å². The van der Waals surface area contributed by atoms with Crippen LogP contribution in [0.3, 0.4) is 0 Å². The summed E-state index contributed by atoms with van der Waals surface area (Å²) in [6.07, 6.45) is 5.72. The first-order valence-corrected chi connectivity index (χ1v) is 4.84. The van der Waals surface area contributed by atoms with Gasteiger partial charge >= 0.3 is 5.97 Å². The highest BCUT2D eigenvalue weighted by atomic mass is 16.4. The van der Waals surface area contributed by atoms with E-state index in [1.54, 1.807) is 0 Å². The monoisotopic (exact) mass is 168 g/mol. The Morgan fingerprint density at radius 2 is 2.00 bits per heavy atom. The summed E-state index contributed by atoms with van der Waals surface area (Å²) in [5, 5.41) is 8.97. The molecule has 0 heterocycles. The molecule has 1 N–H and O–H groups in total. The fourth-order valence-corrected chi connectivity index (χ4v) is 2.93. The Balaban J connectivity index is 2.16. The minimum Gasteiger partial charge on any atom is -0.481 e. The summed E-state index contributed by atoms with van der Waals surface area (Å²) >= 11 is 0. The SMILES string of the molecule is CC12CCC(CC1)C(C(=O)O)C2. The van der Waals surface area contributed by atoms with Gasteiger partial charge in [-0.1, -0.05) is 6.92 Å². The number of carbonyl (C=O) groups is 1. The van der Waals surface area contributed by atoms with Crippen molar-refractivity contribution in [1.29, 1.82) is 0 Å². The van der Waals surface area contributed by atoms with Crippen LogP contribution >= 0.6 is 0 Å². The molecular weight excluding hydrogens is 152 g/mol. The molecule has 3 saturated carbocycles. The van der Waals surface area contributed by atoms with Gasteiger partial charge in [0, 0.05) is 0 Å². The highest BCUT2D eigenvalue weighted by molar-refractivity contribution is 5.70. The van der Waals surface area contributed by atoms with Crippen LogP contribution in [0.15, 0.2) is 0 Å². The van der Waals surface area contributed by atoms with E-state index in [-0.39, 0.29) is 5.92 Å². The zero-order chi connectivity index (χ0) is 8.77. The van der Waals surface area contributed by atoms with Crippen LogP contribution in [0.2, 0.25) is 0 Å². The summed E-state index contributed by atoms with van der Waals surface area (Å²) in [6.45, 7) is 2.25. The molecule has 0 aliphatic heterocycles. The summed E-state index contributed by atoms with van der Waals surface area (Å²) < 4.78 is 0. The van der Waals surface area contributed by atoms with Crippen LogP contribution < -0.4 is 0 Å². The maximum atomic E-state index is 10.9. The van der Waals surface area contributed by atoms with Crippen molar-refractivity contribution in [2.24, 2.45) is 17.3 Å². The predicted octanol–water partition coefficient (Wildman–Crippen LogP) is 2.29. The maximum absolute atomic E-state index is 10.9. The Morgan fingerprint density at radius 1 is 1.42 bits per heavy atom. The lowest BCUT2D eigenvalue weighted by Gasteiger charge is -2.47. The van der Waals surface area contributed by atoms with E-state index >= 15 is 0 Å². The average molecular weight is 168 g/mol. The second-order valence-corrected chi connectivity index (χ2v) is 4.80. The number of fused-ring (bicyclic) bond motifs is 3. The fourth-order valence-electron chi connectivity index (χ4n) is 2.93. The van der Waals surface area contributed by atoms with Crippen molar-refractivity contribution in [3.8, 4) is 0 Å². The zero-order valence-corrected chi connectivity index (χ0v) is 7.55. The van der Waals surface area contributed by atoms with Crippen molar-refractivity contribution in [2.75, 3.05) is 0 Å². The third-order valence-electron chi connectivity index (χ3n) is 3.84. The van der Waals surface area contributed by atoms with Crippen LogP contribution in [0.1, 0.15) is 39.0 Å². The smallest absolute Gasteiger partial charge is 0.306 e. The molecule has 0 spiro atoms. The Morgan fingerprint density at radius 3 is 2.33 bits per heavy atom. The first-order valence-electron chi connectivity index (χ1n) is 4.84. The number of hydrogen-bond donors (Lipinski definition) is 1. The van der Waals surface area contributed by atoms with E-state index < -0.39 is 5.97 Å². The van der Waals surface area contributed by atoms with E-state index in [1.807, 2.05) is 0 Å². The van der Waals surface area contributed by atoms with Crippen LogP contribution in [0.4, 0.5) is 0 Å². The van der Waals surface area contributed by atoms with E-state index in [1.165, 1.54) is 12.8 Å². The Labute approximate surface area is 73.0 Å². The summed E-state index contributed by atoms with van der Waals surface area (Å²) in [6, 6.07) is 0. The molecule has 1 atom stereocenters. The largest absolute Gasteiger partial charge is 0.481 e. The molecule has 1 unspecified atom stereocenters. The van der Waals surface area contributed by atoms with E-state index in [2.05, 4.69) is 6.92 Å². The van der Waals surface area contributed by atoms with Gasteiger partial charge in [0.2, 0.25) is 0 Å². The highest BCUT2D eigenvalue weighted by Crippen LogP contribution is 2.52. The van der Waals surface area contributed by atoms with Crippen LogP contribution in [-0.2, 0) is 4.79 Å². The summed E-state index contributed by atoms with van der Waals surface area (Å²) in [4.78, 5) is 10.9. The number of carboxylic acids is 1. The number of aliphatic carboxylic acids is 1. The molecule has 0 saturated heterocycles. The van der Waals surface area contributed by atoms with Crippen LogP contribution in [-0.4, -0.2) is 11.1 Å². The Hall–Kier alpha value is -0.530. The average Bonchev–Trinajstić information content (AvgIpc) is 2.04. The van der Waals surface area contributed by atoms with Crippen molar-refractivity contribution in [3.05, 3.63) is 0 Å². The normalized spacial score (nSPS) is 46.1. The molecule has 0 amide bonds. The fraction of sp³-hybridized carbons (Fsp3) is 0.900. The molecule has 3 rings (SSSR count). The van der Waals surface area contributed by atoms with E-state index in [4.69, 9.17) is 5.11 Å². The standard InChI is InChI=1S/C10H16O2/c1-10-4-2-7(3-5-10)8(6-10)9(11)12/h7-8H,2-6H2,1H3,(H,11,12). The molecule has 0 aromatic heterocycles. The third kappa shape index (κ3) is 1.13. The first-order chi connectivity index (χ1) is 5.61. The molecule has 3 aliphatic rings. The predicted molar refractivity (Wildman–Crippen MR) is 45.8 cm³/mol. The quantitative estimate of drug-likeness (QED) is 0.652. The lowest BCUT2D eigenvalue weighted by atomic mass is 9.57. The number of rotatable bonds is 1. The van der Waals surface area contributed by atoms with Crippen molar-refractivity contribution in [3.63, 3.8) is 0 Å². The molecule has 2 heteroatoms. The van der Waals surface area contributed by atoms with Crippen molar-refractivity contribution >= 4 is 5.97 Å². The molecule has 3 fully saturated rings. The van der Waals surface area contributed by atoms with Crippen molar-refractivity contribution in [1.82, 2.24) is 0 Å². The first kappa shape index (κ1) is 8.09. The van der Waals surface area contributed by atoms with Crippen LogP contribution in [0.5, 0.6) is 0 Å². The van der Waals surface area contributed by atoms with Crippen LogP contribution in [0, 0.1) is 17.3 Å². The summed E-state index contributed by atoms with van der Waals surface area (Å²) in [5.74, 6) is -0.104. The molecule has 3 aliphatic carbocycles. The highest BCUT2D eigenvalue weighted by Gasteiger charge is 2.45. The minimum absolute atomic E-state index is 0.0301. The summed E-state index contributed by atoms with van der Waals surface area (Å²) in [7, 11) is 0. The topological polar surface area (TPSA) is 37.3 Å². The van der Waals surface area contributed by atoms with Gasteiger partial charge in [0.05, 0.1) is 5.92 Å². The second kappa shape index (κ2) is 2.48. The minimum atomic E-state index is -0.564. The molecule has 68 valence electrons. The van der Waals surface area contributed by atoms with Crippen LogP contribution in [0.25, 0.3) is 0 Å². The molecule has 2 nitrogen and oxygen atoms in total. The zero-order valence-electron chi connectivity index (χ0n) is 7.55. The molecule has 0 aromatic carbocycles. The maximum Gasteiger partial charge on any atom is 0.306 e. The van der Waals surface area contributed by atoms with E-state index in [9.17, 15) is 4.79 Å². The van der Waals surface area contributed by atoms with Gasteiger partial charge in [-0.05, 0) is 43.4 Å². The van der Waals surface area contributed by atoms with Gasteiger partial charge in [-0.2, -0.15) is 0 Å². The number of hydrogen-bond acceptors (Lipinski definition) is 1.